The summed E-state index contributed by atoms with van der Waals surface area (Å²) in [6.45, 7) is 0.0647. The second-order valence-electron chi connectivity index (χ2n) is 5.11. The molecule has 5 atom stereocenters. The third kappa shape index (κ3) is 5.74. The molecule has 2 aliphatic rings. The van der Waals surface area contributed by atoms with Crippen LogP contribution in [0.1, 0.15) is 0 Å². The molecule has 2 fully saturated rings. The number of esters is 2. The van der Waals surface area contributed by atoms with E-state index >= 15 is 0 Å². The first-order chi connectivity index (χ1) is 11.9. The van der Waals surface area contributed by atoms with Crippen LogP contribution in [0.3, 0.4) is 0 Å². The fourth-order valence-electron chi connectivity index (χ4n) is 2.37. The van der Waals surface area contributed by atoms with Crippen LogP contribution < -0.4 is 0 Å². The van der Waals surface area contributed by atoms with Crippen molar-refractivity contribution in [2.24, 2.45) is 0 Å². The van der Waals surface area contributed by atoms with E-state index in [4.69, 9.17) is 28.6 Å². The topological polar surface area (TPSA) is 146 Å². The Kier molecular flexibility index (Phi) is 6.82. The Morgan fingerprint density at radius 2 is 1.52 bits per heavy atom. The van der Waals surface area contributed by atoms with Gasteiger partial charge in [-0.15, -0.1) is 0 Å². The molecule has 25 heavy (non-hydrogen) atoms. The highest BCUT2D eigenvalue weighted by atomic mass is 32.2. The van der Waals surface area contributed by atoms with Crippen LogP contribution in [0.2, 0.25) is 0 Å². The molecule has 2 aliphatic heterocycles. The molecule has 0 radical (unpaired) electrons. The van der Waals surface area contributed by atoms with Crippen molar-refractivity contribution >= 4 is 29.0 Å². The van der Waals surface area contributed by atoms with Gasteiger partial charge in [0, 0.05) is 18.2 Å². The predicted octanol–water partition coefficient (Wildman–Crippen LogP) is -0.974. The number of carboxylic acids is 1. The number of aliphatic carboxylic acids is 1. The average molecular weight is 376 g/mol. The van der Waals surface area contributed by atoms with E-state index in [-0.39, 0.29) is 19.0 Å². The summed E-state index contributed by atoms with van der Waals surface area (Å²) < 4.78 is 40.2. The number of hydrogen-bond donors (Lipinski definition) is 2. The number of hydrogen-bond acceptors (Lipinski definition) is 8. The molecule has 2 heterocycles. The summed E-state index contributed by atoms with van der Waals surface area (Å²) in [5.74, 6) is -3.03. The van der Waals surface area contributed by atoms with Crippen LogP contribution in [-0.2, 0) is 44.4 Å². The minimum Gasteiger partial charge on any atom is -0.478 e. The van der Waals surface area contributed by atoms with Gasteiger partial charge in [-0.25, -0.2) is 18.6 Å². The molecular formula is C14H16O10S. The maximum absolute atomic E-state index is 11.6. The van der Waals surface area contributed by atoms with Gasteiger partial charge >= 0.3 is 17.9 Å². The Balaban J connectivity index is 1.84. The second-order valence-corrected chi connectivity index (χ2v) is 6.08. The van der Waals surface area contributed by atoms with Gasteiger partial charge in [0.2, 0.25) is 0 Å². The summed E-state index contributed by atoms with van der Waals surface area (Å²) in [6.07, 6.45) is 0.969. The van der Waals surface area contributed by atoms with Gasteiger partial charge in [0.05, 0.1) is 19.0 Å². The van der Waals surface area contributed by atoms with Gasteiger partial charge in [0.25, 0.3) is 0 Å². The molecule has 1 unspecified atom stereocenters. The van der Waals surface area contributed by atoms with Crippen molar-refractivity contribution in [3.05, 3.63) is 24.3 Å². The number of fused-ring (bicyclic) bond motifs is 1. The molecule has 2 N–H and O–H groups in total. The van der Waals surface area contributed by atoms with E-state index in [0.717, 1.165) is 12.2 Å². The number of rotatable bonds is 7. The van der Waals surface area contributed by atoms with E-state index in [0.29, 0.717) is 6.08 Å². The van der Waals surface area contributed by atoms with Gasteiger partial charge in [0.15, 0.2) is 23.3 Å². The Morgan fingerprint density at radius 1 is 1.00 bits per heavy atom. The zero-order valence-electron chi connectivity index (χ0n) is 12.8. The number of carbonyl (C=O) groups is 3. The van der Waals surface area contributed by atoms with Crippen LogP contribution >= 0.6 is 0 Å². The highest BCUT2D eigenvalue weighted by molar-refractivity contribution is 7.79. The van der Waals surface area contributed by atoms with E-state index in [2.05, 4.69) is 0 Å². The van der Waals surface area contributed by atoms with Gasteiger partial charge in [0.1, 0.15) is 12.2 Å². The lowest BCUT2D eigenvalue weighted by Crippen LogP contribution is -2.35. The molecule has 0 aromatic heterocycles. The SMILES string of the molecule is O=C(O)/C=C\C(=O)O[C@H]1CO[C@H]2[C@@H]1OC[C@@H]2OC(=O)/C=C\CS(=O)O. The van der Waals surface area contributed by atoms with E-state index in [1.54, 1.807) is 0 Å². The van der Waals surface area contributed by atoms with Crippen LogP contribution in [0.4, 0.5) is 0 Å². The van der Waals surface area contributed by atoms with Crippen molar-refractivity contribution in [1.82, 2.24) is 0 Å². The standard InChI is InChI=1S/C14H16O10S/c15-10(16)3-4-12(18)24-9-7-22-13-8(6-21-14(9)13)23-11(17)2-1-5-25(19)20/h1-4,8-9,13-14H,5-7H2,(H,15,16)(H,19,20)/b2-1-,4-3-/t8-,9-,13+,14+/m0/s1. The average Bonchev–Trinajstić information content (AvgIpc) is 3.09. The Hall–Kier alpha value is -2.08. The first-order valence-electron chi connectivity index (χ1n) is 7.16. The zero-order chi connectivity index (χ0) is 18.4. The molecule has 0 aromatic rings. The molecule has 0 aliphatic carbocycles. The van der Waals surface area contributed by atoms with E-state index in [9.17, 15) is 18.6 Å². The molecule has 0 bridgehead atoms. The summed E-state index contributed by atoms with van der Waals surface area (Å²) >= 11 is -2.04. The number of ether oxygens (including phenoxy) is 4. The fourth-order valence-corrected chi connectivity index (χ4v) is 2.63. The monoisotopic (exact) mass is 376 g/mol. The predicted molar refractivity (Wildman–Crippen MR) is 80.8 cm³/mol. The lowest BCUT2D eigenvalue weighted by atomic mass is 10.1. The highest BCUT2D eigenvalue weighted by Gasteiger charge is 2.50. The lowest BCUT2D eigenvalue weighted by Gasteiger charge is -2.16. The molecular weight excluding hydrogens is 360 g/mol. The summed E-state index contributed by atoms with van der Waals surface area (Å²) in [7, 11) is 0. The fraction of sp³-hybridized carbons (Fsp3) is 0.500. The lowest BCUT2D eigenvalue weighted by molar-refractivity contribution is -0.149. The molecule has 0 amide bonds. The molecule has 0 spiro atoms. The van der Waals surface area contributed by atoms with Crippen LogP contribution in [0.5, 0.6) is 0 Å². The Labute approximate surface area is 144 Å². The first kappa shape index (κ1) is 19.2. The number of carbonyl (C=O) groups excluding carboxylic acids is 2. The quantitative estimate of drug-likeness (QED) is 0.323. The van der Waals surface area contributed by atoms with Crippen molar-refractivity contribution in [3.8, 4) is 0 Å². The Bertz CT molecular complexity index is 613. The molecule has 0 saturated carbocycles. The molecule has 138 valence electrons. The number of carboxylic acid groups (broad SMARTS) is 1. The third-order valence-electron chi connectivity index (χ3n) is 3.35. The van der Waals surface area contributed by atoms with Gasteiger partial charge in [-0.2, -0.15) is 0 Å². The summed E-state index contributed by atoms with van der Waals surface area (Å²) in [4.78, 5) is 33.5. The maximum atomic E-state index is 11.6. The smallest absolute Gasteiger partial charge is 0.331 e. The Morgan fingerprint density at radius 3 is 2.00 bits per heavy atom. The molecule has 2 rings (SSSR count). The normalized spacial score (nSPS) is 29.6. The summed E-state index contributed by atoms with van der Waals surface area (Å²) in [5, 5.41) is 8.46. The largest absolute Gasteiger partial charge is 0.478 e. The van der Waals surface area contributed by atoms with Gasteiger partial charge in [-0.1, -0.05) is 6.08 Å². The summed E-state index contributed by atoms with van der Waals surface area (Å²) in [5.41, 5.74) is 0. The van der Waals surface area contributed by atoms with Crippen molar-refractivity contribution in [2.75, 3.05) is 19.0 Å². The van der Waals surface area contributed by atoms with Gasteiger partial charge < -0.3 is 28.6 Å². The minimum atomic E-state index is -2.04. The highest BCUT2D eigenvalue weighted by Crippen LogP contribution is 2.30. The van der Waals surface area contributed by atoms with Crippen molar-refractivity contribution in [2.45, 2.75) is 24.4 Å². The van der Waals surface area contributed by atoms with Crippen molar-refractivity contribution < 1.29 is 47.2 Å². The van der Waals surface area contributed by atoms with Gasteiger partial charge in [-0.05, 0) is 0 Å². The molecule has 0 aromatic carbocycles. The summed E-state index contributed by atoms with van der Waals surface area (Å²) in [6, 6.07) is 0. The third-order valence-corrected chi connectivity index (χ3v) is 3.83. The minimum absolute atomic E-state index is 0.0232. The van der Waals surface area contributed by atoms with Gasteiger partial charge in [-0.3, -0.25) is 0 Å². The van der Waals surface area contributed by atoms with E-state index in [1.807, 2.05) is 0 Å². The second kappa shape index (κ2) is 8.85. The van der Waals surface area contributed by atoms with Crippen LogP contribution in [0.15, 0.2) is 24.3 Å². The maximum Gasteiger partial charge on any atom is 0.331 e. The van der Waals surface area contributed by atoms with Crippen LogP contribution in [0.25, 0.3) is 0 Å². The van der Waals surface area contributed by atoms with E-state index < -0.39 is 53.4 Å². The molecule has 11 heteroatoms. The van der Waals surface area contributed by atoms with E-state index in [1.165, 1.54) is 6.08 Å². The van der Waals surface area contributed by atoms with Crippen molar-refractivity contribution in [3.63, 3.8) is 0 Å². The van der Waals surface area contributed by atoms with Crippen LogP contribution in [-0.4, -0.2) is 75.2 Å². The van der Waals surface area contributed by atoms with Crippen LogP contribution in [0, 0.1) is 0 Å². The molecule has 10 nitrogen and oxygen atoms in total. The first-order valence-corrected chi connectivity index (χ1v) is 8.44. The van der Waals surface area contributed by atoms with Crippen molar-refractivity contribution in [1.29, 1.82) is 0 Å². The molecule has 2 saturated heterocycles. The zero-order valence-corrected chi connectivity index (χ0v) is 13.6.